The molecule has 1 fully saturated rings. The van der Waals surface area contributed by atoms with Crippen molar-refractivity contribution in [2.45, 2.75) is 26.2 Å². The van der Waals surface area contributed by atoms with E-state index < -0.39 is 0 Å². The Bertz CT molecular complexity index is 162. The normalized spacial score (nSPS) is 30.7. The maximum Gasteiger partial charge on any atom is 0.0911 e. The molecule has 0 spiro atoms. The van der Waals surface area contributed by atoms with Gasteiger partial charge in [0.05, 0.1) is 6.07 Å². The lowest BCUT2D eigenvalue weighted by Crippen LogP contribution is -1.80. The third kappa shape index (κ3) is 1.57. The van der Waals surface area contributed by atoms with Crippen LogP contribution in [-0.2, 0) is 0 Å². The van der Waals surface area contributed by atoms with Crippen molar-refractivity contribution in [3.63, 3.8) is 0 Å². The van der Waals surface area contributed by atoms with Gasteiger partial charge >= 0.3 is 0 Å². The van der Waals surface area contributed by atoms with Crippen molar-refractivity contribution >= 4 is 0 Å². The minimum absolute atomic E-state index is 0.810. The Morgan fingerprint density at radius 1 is 1.78 bits per heavy atom. The molecule has 0 heterocycles. The van der Waals surface area contributed by atoms with Crippen molar-refractivity contribution in [1.29, 1.82) is 5.26 Å². The van der Waals surface area contributed by atoms with Gasteiger partial charge in [0.25, 0.3) is 0 Å². The molecule has 0 amide bonds. The standard InChI is InChI=1S/C8H11N/c1-7-2-3-8(6-7)4-5-9/h4,7H,2-3,6H2,1H3. The SMILES string of the molecule is CC1CCC(=CC#N)C1. The van der Waals surface area contributed by atoms with Crippen molar-refractivity contribution in [1.82, 2.24) is 0 Å². The molecule has 0 N–H and O–H groups in total. The number of hydrogen-bond donors (Lipinski definition) is 0. The highest BCUT2D eigenvalue weighted by molar-refractivity contribution is 5.16. The fourth-order valence-electron chi connectivity index (χ4n) is 1.31. The molecule has 0 aromatic carbocycles. The lowest BCUT2D eigenvalue weighted by molar-refractivity contribution is 0.620. The van der Waals surface area contributed by atoms with Crippen LogP contribution in [0.4, 0.5) is 0 Å². The summed E-state index contributed by atoms with van der Waals surface area (Å²) in [5.41, 5.74) is 1.34. The first-order valence-corrected chi connectivity index (χ1v) is 3.40. The zero-order valence-electron chi connectivity index (χ0n) is 5.72. The summed E-state index contributed by atoms with van der Waals surface area (Å²) in [5.74, 6) is 0.810. The van der Waals surface area contributed by atoms with Gasteiger partial charge in [-0.2, -0.15) is 5.26 Å². The molecule has 1 nitrogen and oxygen atoms in total. The first-order valence-electron chi connectivity index (χ1n) is 3.40. The largest absolute Gasteiger partial charge is 0.193 e. The Morgan fingerprint density at radius 2 is 2.56 bits per heavy atom. The van der Waals surface area contributed by atoms with Gasteiger partial charge in [-0.05, 0) is 25.2 Å². The Labute approximate surface area is 56.0 Å². The highest BCUT2D eigenvalue weighted by atomic mass is 14.2. The topological polar surface area (TPSA) is 23.8 Å². The molecule has 1 heteroatoms. The van der Waals surface area contributed by atoms with Gasteiger partial charge in [-0.15, -0.1) is 0 Å². The molecular formula is C8H11N. The van der Waals surface area contributed by atoms with Crippen LogP contribution in [0.1, 0.15) is 26.2 Å². The quantitative estimate of drug-likeness (QED) is 0.451. The Morgan fingerprint density at radius 3 is 3.00 bits per heavy atom. The third-order valence-electron chi connectivity index (χ3n) is 1.84. The van der Waals surface area contributed by atoms with Crippen LogP contribution in [0, 0.1) is 17.2 Å². The molecule has 9 heavy (non-hydrogen) atoms. The van der Waals surface area contributed by atoms with E-state index in [0.717, 1.165) is 18.8 Å². The van der Waals surface area contributed by atoms with Crippen LogP contribution >= 0.6 is 0 Å². The van der Waals surface area contributed by atoms with E-state index >= 15 is 0 Å². The first kappa shape index (κ1) is 6.35. The summed E-state index contributed by atoms with van der Waals surface area (Å²) in [6.07, 6.45) is 5.26. The molecule has 0 aliphatic heterocycles. The van der Waals surface area contributed by atoms with Gasteiger partial charge in [0.15, 0.2) is 0 Å². The van der Waals surface area contributed by atoms with Crippen molar-refractivity contribution < 1.29 is 0 Å². The Balaban J connectivity index is 2.50. The van der Waals surface area contributed by atoms with E-state index in [9.17, 15) is 0 Å². The predicted octanol–water partition coefficient (Wildman–Crippen LogP) is 2.26. The summed E-state index contributed by atoms with van der Waals surface area (Å²) in [7, 11) is 0. The number of allylic oxidation sites excluding steroid dienone is 2. The number of nitriles is 1. The van der Waals surface area contributed by atoms with Gasteiger partial charge in [0, 0.05) is 6.08 Å². The number of rotatable bonds is 0. The van der Waals surface area contributed by atoms with E-state index in [2.05, 4.69) is 13.0 Å². The predicted molar refractivity (Wildman–Crippen MR) is 36.7 cm³/mol. The fraction of sp³-hybridized carbons (Fsp3) is 0.625. The molecule has 0 aromatic heterocycles. The molecular weight excluding hydrogens is 110 g/mol. The van der Waals surface area contributed by atoms with Crippen molar-refractivity contribution in [3.8, 4) is 6.07 Å². The maximum atomic E-state index is 8.29. The Hall–Kier alpha value is -0.770. The second kappa shape index (κ2) is 2.68. The van der Waals surface area contributed by atoms with Crippen molar-refractivity contribution in [2.75, 3.05) is 0 Å². The molecule has 0 radical (unpaired) electrons. The summed E-state index contributed by atoms with van der Waals surface area (Å²) in [5, 5.41) is 8.29. The van der Waals surface area contributed by atoms with E-state index in [1.807, 2.05) is 0 Å². The van der Waals surface area contributed by atoms with Crippen LogP contribution in [0.25, 0.3) is 0 Å². The zero-order chi connectivity index (χ0) is 6.69. The monoisotopic (exact) mass is 121 g/mol. The second-order valence-electron chi connectivity index (χ2n) is 2.78. The molecule has 1 aliphatic rings. The average molecular weight is 121 g/mol. The fourth-order valence-corrected chi connectivity index (χ4v) is 1.31. The van der Waals surface area contributed by atoms with Gasteiger partial charge in [-0.1, -0.05) is 12.5 Å². The van der Waals surface area contributed by atoms with Crippen LogP contribution in [0.15, 0.2) is 11.6 Å². The van der Waals surface area contributed by atoms with Crippen molar-refractivity contribution in [2.24, 2.45) is 5.92 Å². The molecule has 0 aromatic rings. The molecule has 1 rings (SSSR count). The summed E-state index contributed by atoms with van der Waals surface area (Å²) in [6.45, 7) is 2.23. The van der Waals surface area contributed by atoms with Gasteiger partial charge in [0.2, 0.25) is 0 Å². The molecule has 1 unspecified atom stereocenters. The molecule has 48 valence electrons. The van der Waals surface area contributed by atoms with E-state index in [0.29, 0.717) is 0 Å². The van der Waals surface area contributed by atoms with Gasteiger partial charge in [-0.25, -0.2) is 0 Å². The van der Waals surface area contributed by atoms with E-state index in [-0.39, 0.29) is 0 Å². The summed E-state index contributed by atoms with van der Waals surface area (Å²) >= 11 is 0. The van der Waals surface area contributed by atoms with Crippen LogP contribution in [0.3, 0.4) is 0 Å². The highest BCUT2D eigenvalue weighted by Gasteiger charge is 2.13. The van der Waals surface area contributed by atoms with Gasteiger partial charge in [0.1, 0.15) is 0 Å². The van der Waals surface area contributed by atoms with Gasteiger partial charge < -0.3 is 0 Å². The maximum absolute atomic E-state index is 8.29. The summed E-state index contributed by atoms with van der Waals surface area (Å²) in [6, 6.07) is 2.07. The van der Waals surface area contributed by atoms with Crippen LogP contribution < -0.4 is 0 Å². The van der Waals surface area contributed by atoms with E-state index in [1.54, 1.807) is 6.08 Å². The second-order valence-corrected chi connectivity index (χ2v) is 2.78. The zero-order valence-corrected chi connectivity index (χ0v) is 5.72. The highest BCUT2D eigenvalue weighted by Crippen LogP contribution is 2.28. The lowest BCUT2D eigenvalue weighted by Gasteiger charge is -1.92. The first-order chi connectivity index (χ1) is 4.33. The van der Waals surface area contributed by atoms with Crippen LogP contribution in [0.5, 0.6) is 0 Å². The Kier molecular flexibility index (Phi) is 1.89. The molecule has 0 bridgehead atoms. The lowest BCUT2D eigenvalue weighted by atomic mass is 10.1. The van der Waals surface area contributed by atoms with Crippen molar-refractivity contribution in [3.05, 3.63) is 11.6 Å². The number of nitrogens with zero attached hydrogens (tertiary/aromatic N) is 1. The molecule has 0 saturated heterocycles. The third-order valence-corrected chi connectivity index (χ3v) is 1.84. The van der Waals surface area contributed by atoms with Crippen LogP contribution in [0.2, 0.25) is 0 Å². The minimum Gasteiger partial charge on any atom is -0.193 e. The van der Waals surface area contributed by atoms with E-state index in [4.69, 9.17) is 5.26 Å². The molecule has 1 saturated carbocycles. The van der Waals surface area contributed by atoms with Crippen LogP contribution in [-0.4, -0.2) is 0 Å². The van der Waals surface area contributed by atoms with Gasteiger partial charge in [-0.3, -0.25) is 0 Å². The smallest absolute Gasteiger partial charge is 0.0911 e. The average Bonchev–Trinajstić information content (AvgIpc) is 2.17. The minimum atomic E-state index is 0.810. The molecule has 1 aliphatic carbocycles. The molecule has 1 atom stereocenters. The summed E-state index contributed by atoms with van der Waals surface area (Å²) in [4.78, 5) is 0. The number of hydrogen-bond acceptors (Lipinski definition) is 1. The van der Waals surface area contributed by atoms with E-state index in [1.165, 1.54) is 12.0 Å². The summed E-state index contributed by atoms with van der Waals surface area (Å²) < 4.78 is 0.